The predicted octanol–water partition coefficient (Wildman–Crippen LogP) is 2.04. The Hall–Kier alpha value is -2.30. The fourth-order valence-electron chi connectivity index (χ4n) is 3.57. The highest BCUT2D eigenvalue weighted by atomic mass is 35.5. The molecule has 11 heteroatoms. The van der Waals surface area contributed by atoms with Gasteiger partial charge in [0.25, 0.3) is 5.69 Å². The molecule has 2 aliphatic rings. The highest BCUT2D eigenvalue weighted by Crippen LogP contribution is 2.29. The molecule has 0 atom stereocenters. The second-order valence-corrected chi connectivity index (χ2v) is 9.13. The Morgan fingerprint density at radius 3 is 2.54 bits per heavy atom. The quantitative estimate of drug-likeness (QED) is 0.546. The maximum atomic E-state index is 12.9. The highest BCUT2D eigenvalue weighted by molar-refractivity contribution is 7.89. The molecule has 4 rings (SSSR count). The number of hydrogen-bond donors (Lipinski definition) is 0. The molecule has 0 unspecified atom stereocenters. The van der Waals surface area contributed by atoms with Crippen molar-refractivity contribution in [1.29, 1.82) is 0 Å². The first-order valence-electron chi connectivity index (χ1n) is 8.91. The Morgan fingerprint density at radius 1 is 1.07 bits per heavy atom. The molecule has 1 aromatic heterocycles. The lowest BCUT2D eigenvalue weighted by atomic mass is 10.2. The van der Waals surface area contributed by atoms with E-state index in [0.717, 1.165) is 36.8 Å². The van der Waals surface area contributed by atoms with E-state index < -0.39 is 20.6 Å². The fourth-order valence-corrected chi connectivity index (χ4v) is 5.20. The first kappa shape index (κ1) is 19.0. The normalized spacial score (nSPS) is 17.5. The molecule has 1 saturated heterocycles. The zero-order chi connectivity index (χ0) is 19.9. The monoisotopic (exact) mass is 423 g/mol. The van der Waals surface area contributed by atoms with Crippen molar-refractivity contribution in [2.45, 2.75) is 24.2 Å². The van der Waals surface area contributed by atoms with Crippen molar-refractivity contribution in [3.63, 3.8) is 0 Å². The molecular weight excluding hydrogens is 406 g/mol. The Labute approximate surface area is 167 Å². The summed E-state index contributed by atoms with van der Waals surface area (Å²) < 4.78 is 27.1. The minimum atomic E-state index is -3.84. The summed E-state index contributed by atoms with van der Waals surface area (Å²) in [4.78, 5) is 12.2. The standard InChI is InChI=1S/C17H18ClN5O4S/c18-14-5-4-13(11-16(14)23(24)25)28(26,27)22-8-6-21(7-9-22)17-10-12-2-1-3-15(12)19-20-17/h4-5,10-11H,1-3,6-9H2. The number of nitro groups is 1. The van der Waals surface area contributed by atoms with Crippen molar-refractivity contribution in [2.24, 2.45) is 0 Å². The van der Waals surface area contributed by atoms with E-state index in [1.165, 1.54) is 22.0 Å². The number of nitro benzene ring substituents is 1. The summed E-state index contributed by atoms with van der Waals surface area (Å²) in [5.41, 5.74) is 1.85. The van der Waals surface area contributed by atoms with Gasteiger partial charge in [0.2, 0.25) is 10.0 Å². The number of piperazine rings is 1. The second-order valence-electron chi connectivity index (χ2n) is 6.79. The van der Waals surface area contributed by atoms with Crippen LogP contribution in [0, 0.1) is 10.1 Å². The van der Waals surface area contributed by atoms with Gasteiger partial charge in [-0.15, -0.1) is 5.10 Å². The number of fused-ring (bicyclic) bond motifs is 1. The van der Waals surface area contributed by atoms with Gasteiger partial charge in [0.05, 0.1) is 15.5 Å². The molecule has 1 aliphatic heterocycles. The molecule has 0 bridgehead atoms. The van der Waals surface area contributed by atoms with Crippen molar-refractivity contribution >= 4 is 33.1 Å². The molecule has 0 N–H and O–H groups in total. The van der Waals surface area contributed by atoms with Gasteiger partial charge in [0.1, 0.15) is 5.02 Å². The number of anilines is 1. The van der Waals surface area contributed by atoms with E-state index in [2.05, 4.69) is 10.2 Å². The average molecular weight is 424 g/mol. The fraction of sp³-hybridized carbons (Fsp3) is 0.412. The number of nitrogens with zero attached hydrogens (tertiary/aromatic N) is 5. The van der Waals surface area contributed by atoms with E-state index in [1.54, 1.807) is 0 Å². The molecule has 2 aromatic rings. The molecule has 0 radical (unpaired) electrons. The smallest absolute Gasteiger partial charge is 0.289 e. The van der Waals surface area contributed by atoms with Crippen LogP contribution in [0.15, 0.2) is 29.2 Å². The van der Waals surface area contributed by atoms with Crippen molar-refractivity contribution in [2.75, 3.05) is 31.1 Å². The topological polar surface area (TPSA) is 110 Å². The molecule has 2 heterocycles. The summed E-state index contributed by atoms with van der Waals surface area (Å²) in [7, 11) is -3.84. The second kappa shape index (κ2) is 7.26. The van der Waals surface area contributed by atoms with Crippen LogP contribution >= 0.6 is 11.6 Å². The maximum absolute atomic E-state index is 12.9. The van der Waals surface area contributed by atoms with Crippen LogP contribution in [0.5, 0.6) is 0 Å². The van der Waals surface area contributed by atoms with E-state index in [9.17, 15) is 18.5 Å². The zero-order valence-electron chi connectivity index (χ0n) is 14.9. The van der Waals surface area contributed by atoms with E-state index in [-0.39, 0.29) is 23.0 Å². The number of aryl methyl sites for hydroxylation is 2. The molecule has 0 saturated carbocycles. The molecule has 148 valence electrons. The number of hydrogen-bond acceptors (Lipinski definition) is 7. The van der Waals surface area contributed by atoms with Crippen LogP contribution in [0.2, 0.25) is 5.02 Å². The Bertz CT molecular complexity index is 1040. The van der Waals surface area contributed by atoms with Crippen molar-refractivity contribution in [3.05, 3.63) is 50.7 Å². The lowest BCUT2D eigenvalue weighted by molar-refractivity contribution is -0.384. The van der Waals surface area contributed by atoms with Crippen molar-refractivity contribution in [3.8, 4) is 0 Å². The molecular formula is C17H18ClN5O4S. The van der Waals surface area contributed by atoms with Gasteiger partial charge in [-0.05, 0) is 43.0 Å². The number of sulfonamides is 1. The van der Waals surface area contributed by atoms with Crippen molar-refractivity contribution in [1.82, 2.24) is 14.5 Å². The summed E-state index contributed by atoms with van der Waals surface area (Å²) in [6, 6.07) is 5.59. The molecule has 1 aromatic carbocycles. The highest BCUT2D eigenvalue weighted by Gasteiger charge is 2.31. The van der Waals surface area contributed by atoms with Gasteiger partial charge >= 0.3 is 0 Å². The minimum Gasteiger partial charge on any atom is -0.352 e. The number of rotatable bonds is 4. The first-order chi connectivity index (χ1) is 13.4. The largest absolute Gasteiger partial charge is 0.352 e. The van der Waals surface area contributed by atoms with Crippen LogP contribution in [0.4, 0.5) is 11.5 Å². The lowest BCUT2D eigenvalue weighted by Crippen LogP contribution is -2.49. The number of benzene rings is 1. The molecule has 1 fully saturated rings. The predicted molar refractivity (Wildman–Crippen MR) is 103 cm³/mol. The third-order valence-corrected chi connectivity index (χ3v) is 7.34. The summed E-state index contributed by atoms with van der Waals surface area (Å²) in [5.74, 6) is 0.764. The molecule has 1 aliphatic carbocycles. The van der Waals surface area contributed by atoms with Crippen LogP contribution in [-0.4, -0.2) is 54.0 Å². The number of halogens is 1. The Morgan fingerprint density at radius 2 is 1.82 bits per heavy atom. The Balaban J connectivity index is 1.50. The van der Waals surface area contributed by atoms with Crippen molar-refractivity contribution < 1.29 is 13.3 Å². The van der Waals surface area contributed by atoms with Crippen LogP contribution in [-0.2, 0) is 22.9 Å². The minimum absolute atomic E-state index is 0.0936. The van der Waals surface area contributed by atoms with Crippen LogP contribution in [0.3, 0.4) is 0 Å². The van der Waals surface area contributed by atoms with E-state index >= 15 is 0 Å². The molecule has 28 heavy (non-hydrogen) atoms. The summed E-state index contributed by atoms with van der Waals surface area (Å²) in [5, 5.41) is 19.5. The van der Waals surface area contributed by atoms with E-state index in [4.69, 9.17) is 11.6 Å². The van der Waals surface area contributed by atoms with Crippen LogP contribution in [0.25, 0.3) is 0 Å². The average Bonchev–Trinajstić information content (AvgIpc) is 3.16. The summed E-state index contributed by atoms with van der Waals surface area (Å²) in [6.07, 6.45) is 3.05. The van der Waals surface area contributed by atoms with Gasteiger partial charge in [-0.25, -0.2) is 8.42 Å². The molecule has 0 spiro atoms. The summed E-state index contributed by atoms with van der Waals surface area (Å²) >= 11 is 5.78. The molecule has 9 nitrogen and oxygen atoms in total. The van der Waals surface area contributed by atoms with Gasteiger partial charge in [0, 0.05) is 32.2 Å². The van der Waals surface area contributed by atoms with E-state index in [0.29, 0.717) is 13.1 Å². The zero-order valence-corrected chi connectivity index (χ0v) is 16.5. The van der Waals surface area contributed by atoms with Crippen LogP contribution in [0.1, 0.15) is 17.7 Å². The SMILES string of the molecule is O=[N+]([O-])c1cc(S(=O)(=O)N2CCN(c3cc4c(nn3)CCC4)CC2)ccc1Cl. The van der Waals surface area contributed by atoms with Gasteiger partial charge in [0.15, 0.2) is 5.82 Å². The third-order valence-electron chi connectivity index (χ3n) is 5.12. The summed E-state index contributed by atoms with van der Waals surface area (Å²) in [6.45, 7) is 1.47. The maximum Gasteiger partial charge on any atom is 0.289 e. The van der Waals surface area contributed by atoms with Gasteiger partial charge in [-0.3, -0.25) is 10.1 Å². The third kappa shape index (κ3) is 3.43. The first-order valence-corrected chi connectivity index (χ1v) is 10.7. The number of aromatic nitrogens is 2. The van der Waals surface area contributed by atoms with Crippen LogP contribution < -0.4 is 4.90 Å². The molecule has 0 amide bonds. The van der Waals surface area contributed by atoms with Gasteiger partial charge in [-0.1, -0.05) is 11.6 Å². The lowest BCUT2D eigenvalue weighted by Gasteiger charge is -2.34. The Kier molecular flexibility index (Phi) is 4.94. The van der Waals surface area contributed by atoms with E-state index in [1.807, 2.05) is 11.0 Å². The van der Waals surface area contributed by atoms with Gasteiger partial charge in [-0.2, -0.15) is 9.40 Å². The van der Waals surface area contributed by atoms with Gasteiger partial charge < -0.3 is 4.90 Å².